The lowest BCUT2D eigenvalue weighted by atomic mass is 10.2. The molecule has 3 aromatic heterocycles. The summed E-state index contributed by atoms with van der Waals surface area (Å²) < 4.78 is 46.0. The maximum atomic E-state index is 10.9. The first kappa shape index (κ1) is 25.8. The minimum Gasteiger partial charge on any atom is -0.744 e. The molecule has 194 valence electrons. The van der Waals surface area contributed by atoms with Gasteiger partial charge < -0.3 is 13.4 Å². The number of aromatic nitrogens is 3. The van der Waals surface area contributed by atoms with Crippen LogP contribution < -0.4 is 4.57 Å². The smallest absolute Gasteiger partial charge is 0.227 e. The van der Waals surface area contributed by atoms with E-state index in [-0.39, 0.29) is 4.90 Å². The molecular formula is C30H23N3O5S. The minimum absolute atomic E-state index is 0.277. The van der Waals surface area contributed by atoms with Gasteiger partial charge in [-0.05, 0) is 24.3 Å². The Kier molecular flexibility index (Phi) is 7.44. The summed E-state index contributed by atoms with van der Waals surface area (Å²) in [6.45, 7) is 0. The summed E-state index contributed by atoms with van der Waals surface area (Å²) in [5.74, 6) is 2.42. The van der Waals surface area contributed by atoms with Crippen molar-refractivity contribution in [3.63, 3.8) is 0 Å². The van der Waals surface area contributed by atoms with Crippen LogP contribution >= 0.6 is 0 Å². The van der Waals surface area contributed by atoms with E-state index in [1.54, 1.807) is 12.4 Å². The first-order chi connectivity index (χ1) is 18.9. The quantitative estimate of drug-likeness (QED) is 0.203. The molecule has 9 heteroatoms. The molecule has 0 aliphatic rings. The molecule has 6 aromatic rings. The number of pyridine rings is 1. The van der Waals surface area contributed by atoms with E-state index >= 15 is 0 Å². The van der Waals surface area contributed by atoms with Gasteiger partial charge in [-0.2, -0.15) is 0 Å². The molecule has 0 unspecified atom stereocenters. The SMILES string of the molecule is C[n+]1ccc(-c2ncc(-c3ccccc3)o2)cc1.O=S(=O)([O-])c1ccc(-c2ncc(-c3ccccc3)o2)cc1. The molecule has 0 radical (unpaired) electrons. The molecule has 3 heterocycles. The van der Waals surface area contributed by atoms with Gasteiger partial charge in [0.15, 0.2) is 23.9 Å². The Morgan fingerprint density at radius 1 is 0.615 bits per heavy atom. The first-order valence-electron chi connectivity index (χ1n) is 11.9. The topological polar surface area (TPSA) is 113 Å². The van der Waals surface area contributed by atoms with Gasteiger partial charge in [-0.1, -0.05) is 60.7 Å². The van der Waals surface area contributed by atoms with E-state index in [9.17, 15) is 13.0 Å². The van der Waals surface area contributed by atoms with E-state index in [4.69, 9.17) is 8.83 Å². The normalized spacial score (nSPS) is 11.0. The van der Waals surface area contributed by atoms with Gasteiger partial charge in [0.2, 0.25) is 11.8 Å². The Hall–Kier alpha value is -4.86. The zero-order valence-electron chi connectivity index (χ0n) is 20.8. The lowest BCUT2D eigenvalue weighted by Crippen LogP contribution is -2.25. The van der Waals surface area contributed by atoms with Crippen molar-refractivity contribution in [2.75, 3.05) is 0 Å². The molecular weight excluding hydrogens is 514 g/mol. The molecule has 0 saturated heterocycles. The summed E-state index contributed by atoms with van der Waals surface area (Å²) in [6.07, 6.45) is 7.31. The molecule has 0 amide bonds. The van der Waals surface area contributed by atoms with E-state index in [2.05, 4.69) is 9.97 Å². The average molecular weight is 538 g/mol. The highest BCUT2D eigenvalue weighted by Gasteiger charge is 2.10. The van der Waals surface area contributed by atoms with Crippen molar-refractivity contribution in [2.45, 2.75) is 4.90 Å². The number of nitrogens with zero attached hydrogens (tertiary/aromatic N) is 3. The van der Waals surface area contributed by atoms with Crippen molar-refractivity contribution in [2.24, 2.45) is 7.05 Å². The molecule has 0 N–H and O–H groups in total. The maximum Gasteiger partial charge on any atom is 0.227 e. The van der Waals surface area contributed by atoms with Crippen molar-refractivity contribution in [1.29, 1.82) is 0 Å². The summed E-state index contributed by atoms with van der Waals surface area (Å²) >= 11 is 0. The lowest BCUT2D eigenvalue weighted by Gasteiger charge is -2.06. The number of hydrogen-bond donors (Lipinski definition) is 0. The molecule has 0 bridgehead atoms. The van der Waals surface area contributed by atoms with E-state index in [1.165, 1.54) is 24.3 Å². The molecule has 0 fully saturated rings. The molecule has 0 aliphatic carbocycles. The fraction of sp³-hybridized carbons (Fsp3) is 0.0333. The number of rotatable bonds is 5. The summed E-state index contributed by atoms with van der Waals surface area (Å²) in [4.78, 5) is 8.20. The van der Waals surface area contributed by atoms with Gasteiger partial charge >= 0.3 is 0 Å². The van der Waals surface area contributed by atoms with Crippen LogP contribution in [-0.2, 0) is 17.2 Å². The summed E-state index contributed by atoms with van der Waals surface area (Å²) in [5.41, 5.74) is 3.52. The van der Waals surface area contributed by atoms with Crippen LogP contribution in [0.3, 0.4) is 0 Å². The molecule has 0 saturated carbocycles. The number of aryl methyl sites for hydroxylation is 1. The highest BCUT2D eigenvalue weighted by molar-refractivity contribution is 7.85. The van der Waals surface area contributed by atoms with Crippen LogP contribution in [0.2, 0.25) is 0 Å². The average Bonchev–Trinajstić information content (AvgIpc) is 3.66. The Morgan fingerprint density at radius 3 is 1.49 bits per heavy atom. The van der Waals surface area contributed by atoms with Crippen molar-refractivity contribution < 1.29 is 26.4 Å². The van der Waals surface area contributed by atoms with Crippen molar-refractivity contribution in [3.05, 3.63) is 122 Å². The van der Waals surface area contributed by atoms with Crippen LogP contribution in [0.25, 0.3) is 45.6 Å². The van der Waals surface area contributed by atoms with Gasteiger partial charge in [-0.25, -0.2) is 23.0 Å². The van der Waals surface area contributed by atoms with Crippen molar-refractivity contribution >= 4 is 10.1 Å². The molecule has 3 aromatic carbocycles. The van der Waals surface area contributed by atoms with E-state index in [0.717, 1.165) is 22.5 Å². The van der Waals surface area contributed by atoms with Gasteiger partial charge in [-0.15, -0.1) is 0 Å². The second kappa shape index (κ2) is 11.3. The highest BCUT2D eigenvalue weighted by atomic mass is 32.2. The van der Waals surface area contributed by atoms with E-state index in [0.29, 0.717) is 23.1 Å². The maximum absolute atomic E-state index is 10.9. The lowest BCUT2D eigenvalue weighted by molar-refractivity contribution is -0.671. The highest BCUT2D eigenvalue weighted by Crippen LogP contribution is 2.27. The minimum atomic E-state index is -4.44. The van der Waals surface area contributed by atoms with Gasteiger partial charge in [0.1, 0.15) is 17.2 Å². The van der Waals surface area contributed by atoms with Crippen LogP contribution in [0, 0.1) is 0 Å². The fourth-order valence-electron chi connectivity index (χ4n) is 3.69. The van der Waals surface area contributed by atoms with Gasteiger partial charge in [0, 0.05) is 34.4 Å². The first-order valence-corrected chi connectivity index (χ1v) is 13.3. The van der Waals surface area contributed by atoms with Crippen molar-refractivity contribution in [1.82, 2.24) is 9.97 Å². The van der Waals surface area contributed by atoms with Gasteiger partial charge in [0.05, 0.1) is 17.3 Å². The predicted molar refractivity (Wildman–Crippen MR) is 144 cm³/mol. The van der Waals surface area contributed by atoms with Gasteiger partial charge in [-0.3, -0.25) is 0 Å². The Bertz CT molecular complexity index is 1760. The van der Waals surface area contributed by atoms with E-state index in [1.807, 2.05) is 96.8 Å². The molecule has 0 spiro atoms. The van der Waals surface area contributed by atoms with Gasteiger partial charge in [0.25, 0.3) is 0 Å². The van der Waals surface area contributed by atoms with Crippen LogP contribution in [0.15, 0.2) is 136 Å². The molecule has 0 aliphatic heterocycles. The number of oxazole rings is 2. The molecule has 39 heavy (non-hydrogen) atoms. The molecule has 0 atom stereocenters. The third kappa shape index (κ3) is 6.35. The van der Waals surface area contributed by atoms with Crippen LogP contribution in [0.1, 0.15) is 0 Å². The summed E-state index contributed by atoms with van der Waals surface area (Å²) in [7, 11) is -2.46. The third-order valence-electron chi connectivity index (χ3n) is 5.74. The number of hydrogen-bond acceptors (Lipinski definition) is 7. The largest absolute Gasteiger partial charge is 0.744 e. The Balaban J connectivity index is 0.000000160. The monoisotopic (exact) mass is 537 g/mol. The Labute approximate surface area is 225 Å². The van der Waals surface area contributed by atoms with Crippen LogP contribution in [-0.4, -0.2) is 22.9 Å². The molecule has 8 nitrogen and oxygen atoms in total. The summed E-state index contributed by atoms with van der Waals surface area (Å²) in [6, 6.07) is 28.9. The standard InChI is InChI=1S/C15H13N2O.C15H11NO4S/c1-17-9-7-13(8-10-17)15-16-11-14(18-15)12-5-3-2-4-6-12;17-21(18,19)13-8-6-12(7-9-13)15-16-10-14(20-15)11-4-2-1-3-5-11/h2-11H,1H3;1-10H,(H,17,18,19)/q+1;/p-1. The Morgan fingerprint density at radius 2 is 1.05 bits per heavy atom. The predicted octanol–water partition coefficient (Wildman–Crippen LogP) is 5.75. The zero-order chi connectivity index (χ0) is 27.2. The second-order valence-corrected chi connectivity index (χ2v) is 9.90. The zero-order valence-corrected chi connectivity index (χ0v) is 21.7. The third-order valence-corrected chi connectivity index (χ3v) is 6.59. The summed E-state index contributed by atoms with van der Waals surface area (Å²) in [5, 5.41) is 0. The van der Waals surface area contributed by atoms with Crippen molar-refractivity contribution in [3.8, 4) is 45.6 Å². The fourth-order valence-corrected chi connectivity index (χ4v) is 4.16. The number of benzene rings is 3. The van der Waals surface area contributed by atoms with E-state index < -0.39 is 10.1 Å². The molecule has 6 rings (SSSR count). The van der Waals surface area contributed by atoms with Crippen LogP contribution in [0.5, 0.6) is 0 Å². The van der Waals surface area contributed by atoms with Crippen LogP contribution in [0.4, 0.5) is 0 Å². The second-order valence-electron chi connectivity index (χ2n) is 8.52.